The molecule has 2 atom stereocenters. The van der Waals surface area contributed by atoms with Gasteiger partial charge >= 0.3 is 6.18 Å². The Balaban J connectivity index is 1.88. The second kappa shape index (κ2) is 6.24. The van der Waals surface area contributed by atoms with Gasteiger partial charge in [0.1, 0.15) is 0 Å². The smallest absolute Gasteiger partial charge is 0.345 e. The maximum absolute atomic E-state index is 13.2. The summed E-state index contributed by atoms with van der Waals surface area (Å²) in [5.41, 5.74) is 1.79. The van der Waals surface area contributed by atoms with Crippen LogP contribution in [0.25, 0.3) is 11.4 Å². The first kappa shape index (κ1) is 18.1. The Bertz CT molecular complexity index is 880. The first-order valence-corrected chi connectivity index (χ1v) is 10.2. The fraction of sp³-hybridized carbons (Fsp3) is 0.467. The Labute approximate surface area is 147 Å². The lowest BCUT2D eigenvalue weighted by atomic mass is 10.1. The lowest BCUT2D eigenvalue weighted by Gasteiger charge is -2.19. The van der Waals surface area contributed by atoms with Crippen molar-refractivity contribution in [2.24, 2.45) is 5.92 Å². The second-order valence-corrected chi connectivity index (χ2v) is 9.19. The van der Waals surface area contributed by atoms with Crippen LogP contribution in [0.15, 0.2) is 24.3 Å². The lowest BCUT2D eigenvalue weighted by molar-refractivity contribution is -0.167. The highest BCUT2D eigenvalue weighted by atomic mass is 32.2. The molecule has 136 valence electrons. The molecule has 0 spiro atoms. The van der Waals surface area contributed by atoms with Gasteiger partial charge in [-0.15, -0.1) is 0 Å². The predicted molar refractivity (Wildman–Crippen MR) is 90.5 cm³/mol. The number of aromatic nitrogens is 2. The second-order valence-electron chi connectivity index (χ2n) is 6.19. The first-order valence-electron chi connectivity index (χ1n) is 7.47. The van der Waals surface area contributed by atoms with Crippen molar-refractivity contribution in [2.75, 3.05) is 24.2 Å². The zero-order valence-corrected chi connectivity index (χ0v) is 15.1. The normalized spacial score (nSPS) is 21.7. The molecule has 0 bridgehead atoms. The molecule has 10 heteroatoms. The minimum atomic E-state index is -4.58. The van der Waals surface area contributed by atoms with Gasteiger partial charge in [-0.1, -0.05) is 23.8 Å². The van der Waals surface area contributed by atoms with Crippen molar-refractivity contribution >= 4 is 26.5 Å². The van der Waals surface area contributed by atoms with Gasteiger partial charge in [0.25, 0.3) is 0 Å². The van der Waals surface area contributed by atoms with Crippen molar-refractivity contribution in [1.82, 2.24) is 9.36 Å². The van der Waals surface area contributed by atoms with Gasteiger partial charge in [0.05, 0.1) is 11.2 Å². The average Bonchev–Trinajstić information content (AvgIpc) is 3.13. The highest BCUT2D eigenvalue weighted by Gasteiger charge is 2.53. The summed E-state index contributed by atoms with van der Waals surface area (Å²) >= 11 is 0.975. The summed E-state index contributed by atoms with van der Waals surface area (Å²) < 4.78 is 67.4. The molecule has 1 aromatic heterocycles. The summed E-state index contributed by atoms with van der Waals surface area (Å²) in [6.45, 7) is 1.26. The summed E-state index contributed by atoms with van der Waals surface area (Å²) in [6.07, 6.45) is -3.73. The third-order valence-corrected chi connectivity index (χ3v) is 6.55. The number of benzene rings is 1. The van der Waals surface area contributed by atoms with E-state index in [9.17, 15) is 21.6 Å². The number of alkyl halides is 3. The maximum atomic E-state index is 13.2. The predicted octanol–water partition coefficient (Wildman–Crippen LogP) is 2.93. The fourth-order valence-corrected chi connectivity index (χ4v) is 4.92. The maximum Gasteiger partial charge on any atom is 0.394 e. The van der Waals surface area contributed by atoms with Crippen molar-refractivity contribution in [3.05, 3.63) is 29.8 Å². The number of nitrogens with zero attached hydrogens (tertiary/aromatic N) is 3. The van der Waals surface area contributed by atoms with Crippen molar-refractivity contribution < 1.29 is 21.6 Å². The zero-order valence-electron chi connectivity index (χ0n) is 13.5. The fourth-order valence-electron chi connectivity index (χ4n) is 2.92. The molecule has 0 saturated carbocycles. The summed E-state index contributed by atoms with van der Waals surface area (Å²) in [5, 5.41) is -1.18. The van der Waals surface area contributed by atoms with Crippen molar-refractivity contribution in [2.45, 2.75) is 18.3 Å². The molecule has 0 radical (unpaired) electrons. The Hall–Kier alpha value is -1.68. The van der Waals surface area contributed by atoms with Gasteiger partial charge in [0.15, 0.2) is 15.7 Å². The van der Waals surface area contributed by atoms with Crippen LogP contribution < -0.4 is 4.90 Å². The number of rotatable bonds is 3. The van der Waals surface area contributed by atoms with E-state index in [4.69, 9.17) is 0 Å². The third kappa shape index (κ3) is 3.79. The monoisotopic (exact) mass is 391 g/mol. The van der Waals surface area contributed by atoms with Gasteiger partial charge in [0.2, 0.25) is 5.13 Å². The van der Waals surface area contributed by atoms with E-state index in [2.05, 4.69) is 9.36 Å². The third-order valence-electron chi connectivity index (χ3n) is 4.20. The minimum absolute atomic E-state index is 0.231. The number of anilines is 1. The van der Waals surface area contributed by atoms with Crippen LogP contribution in [0.5, 0.6) is 0 Å². The van der Waals surface area contributed by atoms with Gasteiger partial charge in [-0.05, 0) is 13.0 Å². The van der Waals surface area contributed by atoms with Gasteiger partial charge in [-0.2, -0.15) is 22.5 Å². The number of aryl methyl sites for hydroxylation is 1. The van der Waals surface area contributed by atoms with Gasteiger partial charge in [0, 0.05) is 36.4 Å². The van der Waals surface area contributed by atoms with Crippen molar-refractivity contribution in [3.63, 3.8) is 0 Å². The molecule has 2 aromatic rings. The molecule has 5 nitrogen and oxygen atoms in total. The summed E-state index contributed by atoms with van der Waals surface area (Å²) in [6, 6.07) is 7.47. The molecule has 3 rings (SSSR count). The molecule has 0 unspecified atom stereocenters. The van der Waals surface area contributed by atoms with Crippen LogP contribution in [-0.4, -0.2) is 48.5 Å². The van der Waals surface area contributed by atoms with Crippen LogP contribution >= 0.6 is 11.5 Å². The molecule has 0 amide bonds. The molecule has 1 saturated heterocycles. The van der Waals surface area contributed by atoms with E-state index < -0.39 is 33.7 Å². The van der Waals surface area contributed by atoms with E-state index in [0.29, 0.717) is 11.0 Å². The number of halogens is 3. The number of sulfone groups is 1. The van der Waals surface area contributed by atoms with Crippen LogP contribution in [0.4, 0.5) is 18.3 Å². The van der Waals surface area contributed by atoms with Gasteiger partial charge in [-0.3, -0.25) is 0 Å². The average molecular weight is 391 g/mol. The first-order chi connectivity index (χ1) is 11.6. The molecule has 0 N–H and O–H groups in total. The largest absolute Gasteiger partial charge is 0.394 e. The molecule has 25 heavy (non-hydrogen) atoms. The van der Waals surface area contributed by atoms with Crippen molar-refractivity contribution in [1.29, 1.82) is 0 Å². The minimum Gasteiger partial charge on any atom is -0.345 e. The van der Waals surface area contributed by atoms with E-state index >= 15 is 0 Å². The highest BCUT2D eigenvalue weighted by Crippen LogP contribution is 2.39. The Morgan fingerprint density at radius 3 is 2.56 bits per heavy atom. The van der Waals surface area contributed by atoms with Gasteiger partial charge in [-0.25, -0.2) is 8.42 Å². The number of hydrogen-bond donors (Lipinski definition) is 0. The molecule has 1 fully saturated rings. The van der Waals surface area contributed by atoms with Crippen LogP contribution in [0.2, 0.25) is 0 Å². The van der Waals surface area contributed by atoms with E-state index in [-0.39, 0.29) is 6.54 Å². The molecule has 2 heterocycles. The Morgan fingerprint density at radius 2 is 2.00 bits per heavy atom. The topological polar surface area (TPSA) is 63.2 Å². The van der Waals surface area contributed by atoms with Crippen LogP contribution in [0.1, 0.15) is 5.56 Å². The quantitative estimate of drug-likeness (QED) is 0.805. The molecule has 1 aromatic carbocycles. The van der Waals surface area contributed by atoms with E-state index in [1.165, 1.54) is 4.90 Å². The van der Waals surface area contributed by atoms with E-state index in [1.54, 1.807) is 0 Å². The Kier molecular flexibility index (Phi) is 4.52. The van der Waals surface area contributed by atoms with Crippen LogP contribution in [0.3, 0.4) is 0 Å². The molecule has 0 aliphatic carbocycles. The van der Waals surface area contributed by atoms with Gasteiger partial charge < -0.3 is 4.90 Å². The highest BCUT2D eigenvalue weighted by molar-refractivity contribution is 7.91. The SMILES string of the molecule is Cc1cccc(-c2nsc(N3C[C@H](C(F)(F)F)[C@@H](S(C)(=O)=O)C3)n2)c1. The zero-order chi connectivity index (χ0) is 18.4. The van der Waals surface area contributed by atoms with Crippen LogP contribution in [0, 0.1) is 12.8 Å². The molecule has 1 aliphatic heterocycles. The van der Waals surface area contributed by atoms with Crippen molar-refractivity contribution in [3.8, 4) is 11.4 Å². The standard InChI is InChI=1S/C15H16F3N3O2S2/c1-9-4-3-5-10(6-9)13-19-14(24-20-13)21-7-11(15(16,17)18)12(8-21)25(2,22)23/h3-6,11-12H,7-8H2,1-2H3/t11-,12-/m0/s1. The van der Waals surface area contributed by atoms with Crippen LogP contribution in [-0.2, 0) is 9.84 Å². The summed E-state index contributed by atoms with van der Waals surface area (Å²) in [7, 11) is -3.83. The number of hydrogen-bond acceptors (Lipinski definition) is 6. The molecule has 1 aliphatic rings. The molecular weight excluding hydrogens is 375 g/mol. The lowest BCUT2D eigenvalue weighted by Crippen LogP contribution is -2.37. The summed E-state index contributed by atoms with van der Waals surface area (Å²) in [5.74, 6) is -1.50. The molecular formula is C15H16F3N3O2S2. The van der Waals surface area contributed by atoms with E-state index in [0.717, 1.165) is 28.9 Å². The van der Waals surface area contributed by atoms with E-state index in [1.807, 2.05) is 31.2 Å². The Morgan fingerprint density at radius 1 is 1.28 bits per heavy atom. The summed E-state index contributed by atoms with van der Waals surface area (Å²) in [4.78, 5) is 5.67.